The van der Waals surface area contributed by atoms with E-state index in [4.69, 9.17) is 4.74 Å². The van der Waals surface area contributed by atoms with E-state index in [9.17, 15) is 8.42 Å². The van der Waals surface area contributed by atoms with Gasteiger partial charge in [-0.3, -0.25) is 0 Å². The molecule has 0 aliphatic carbocycles. The average Bonchev–Trinajstić information content (AvgIpc) is 2.93. The summed E-state index contributed by atoms with van der Waals surface area (Å²) < 4.78 is 33.8. The Balaban J connectivity index is 1.75. The van der Waals surface area contributed by atoms with Gasteiger partial charge in [-0.2, -0.15) is 4.31 Å². The highest BCUT2D eigenvalue weighted by molar-refractivity contribution is 7.89. The summed E-state index contributed by atoms with van der Waals surface area (Å²) in [6.45, 7) is 5.13. The van der Waals surface area contributed by atoms with Gasteiger partial charge in [0.15, 0.2) is 0 Å². The lowest BCUT2D eigenvalue weighted by molar-refractivity contribution is 0.189. The average molecular weight is 322 g/mol. The van der Waals surface area contributed by atoms with Crippen molar-refractivity contribution >= 4 is 10.0 Å². The molecule has 0 radical (unpaired) electrons. The van der Waals surface area contributed by atoms with Crippen LogP contribution in [0.1, 0.15) is 18.5 Å². The maximum absolute atomic E-state index is 12.6. The third-order valence-corrected chi connectivity index (χ3v) is 5.56. The Morgan fingerprint density at radius 3 is 2.73 bits per heavy atom. The molecule has 1 aliphatic heterocycles. The van der Waals surface area contributed by atoms with Crippen LogP contribution in [0.2, 0.25) is 0 Å². The van der Waals surface area contributed by atoms with E-state index in [1.165, 1.54) is 4.31 Å². The van der Waals surface area contributed by atoms with E-state index in [-0.39, 0.29) is 6.04 Å². The van der Waals surface area contributed by atoms with Crippen molar-refractivity contribution in [3.05, 3.63) is 36.2 Å². The number of aryl methyl sites for hydroxylation is 1. The van der Waals surface area contributed by atoms with Crippen molar-refractivity contribution in [2.24, 2.45) is 0 Å². The first kappa shape index (κ1) is 15.0. The van der Waals surface area contributed by atoms with Gasteiger partial charge in [0.1, 0.15) is 5.75 Å². The van der Waals surface area contributed by atoms with Gasteiger partial charge in [0, 0.05) is 19.3 Å². The summed E-state index contributed by atoms with van der Waals surface area (Å²) in [6.07, 6.45) is 3.34. The Morgan fingerprint density at radius 2 is 2.14 bits per heavy atom. The number of benzene rings is 1. The van der Waals surface area contributed by atoms with Crippen molar-refractivity contribution < 1.29 is 13.2 Å². The van der Waals surface area contributed by atoms with Crippen molar-refractivity contribution in [2.45, 2.75) is 24.8 Å². The summed E-state index contributed by atoms with van der Waals surface area (Å²) in [5.41, 5.74) is 0.816. The smallest absolute Gasteiger partial charge is 0.243 e. The maximum Gasteiger partial charge on any atom is 0.243 e. The zero-order valence-electron chi connectivity index (χ0n) is 12.5. The minimum atomic E-state index is -3.46. The Bertz CT molecular complexity index is 752. The van der Waals surface area contributed by atoms with Gasteiger partial charge in [0.05, 0.1) is 23.7 Å². The molecule has 1 aromatic heterocycles. The highest BCUT2D eigenvalue weighted by atomic mass is 32.2. The molecule has 0 spiro atoms. The Morgan fingerprint density at radius 1 is 1.36 bits per heavy atom. The predicted molar refractivity (Wildman–Crippen MR) is 80.2 cm³/mol. The van der Waals surface area contributed by atoms with Crippen LogP contribution in [-0.4, -0.2) is 47.4 Å². The molecule has 0 saturated carbocycles. The number of sulfonamides is 1. The lowest BCUT2D eigenvalue weighted by Gasteiger charge is -2.37. The number of nitrogens with zero attached hydrogens (tertiary/aromatic N) is 4. The number of ether oxygens (including phenoxy) is 1. The number of hydrogen-bond acceptors (Lipinski definition) is 5. The second kappa shape index (κ2) is 5.69. The molecular weight excluding hydrogens is 304 g/mol. The molecule has 0 unspecified atom stereocenters. The van der Waals surface area contributed by atoms with Gasteiger partial charge in [0.25, 0.3) is 0 Å². The van der Waals surface area contributed by atoms with E-state index in [1.54, 1.807) is 35.3 Å². The maximum atomic E-state index is 12.6. The normalized spacial score (nSPS) is 16.5. The van der Waals surface area contributed by atoms with E-state index >= 15 is 0 Å². The number of hydrogen-bond donors (Lipinski definition) is 0. The Kier molecular flexibility index (Phi) is 3.88. The zero-order chi connectivity index (χ0) is 15.7. The van der Waals surface area contributed by atoms with Gasteiger partial charge < -0.3 is 4.74 Å². The van der Waals surface area contributed by atoms with E-state index < -0.39 is 10.0 Å². The molecule has 0 amide bonds. The minimum Gasteiger partial charge on any atom is -0.494 e. The zero-order valence-corrected chi connectivity index (χ0v) is 13.3. The molecule has 1 fully saturated rings. The topological polar surface area (TPSA) is 77.3 Å². The standard InChI is InChI=1S/C14H18N4O3S/c1-3-21-14-5-4-13(8-11(14)2)22(19,20)17-9-12(10-17)18-7-6-15-16-18/h4-8,12H,3,9-10H2,1-2H3. The van der Waals surface area contributed by atoms with Gasteiger partial charge in [-0.15, -0.1) is 5.10 Å². The second-order valence-electron chi connectivity index (χ2n) is 5.22. The summed E-state index contributed by atoms with van der Waals surface area (Å²) >= 11 is 0. The van der Waals surface area contributed by atoms with Crippen LogP contribution in [0.15, 0.2) is 35.5 Å². The first-order valence-electron chi connectivity index (χ1n) is 7.11. The highest BCUT2D eigenvalue weighted by Gasteiger charge is 2.38. The number of rotatable bonds is 5. The molecule has 0 N–H and O–H groups in total. The van der Waals surface area contributed by atoms with Crippen molar-refractivity contribution in [1.29, 1.82) is 0 Å². The van der Waals surface area contributed by atoms with Crippen LogP contribution in [0, 0.1) is 6.92 Å². The largest absolute Gasteiger partial charge is 0.494 e. The van der Waals surface area contributed by atoms with Crippen molar-refractivity contribution in [1.82, 2.24) is 19.3 Å². The molecule has 1 aromatic carbocycles. The van der Waals surface area contributed by atoms with Crippen LogP contribution in [0.3, 0.4) is 0 Å². The summed E-state index contributed by atoms with van der Waals surface area (Å²) in [4.78, 5) is 0.297. The van der Waals surface area contributed by atoms with Crippen LogP contribution in [0.4, 0.5) is 0 Å². The van der Waals surface area contributed by atoms with Crippen molar-refractivity contribution in [3.8, 4) is 5.75 Å². The summed E-state index contributed by atoms with van der Waals surface area (Å²) in [6, 6.07) is 5.01. The van der Waals surface area contributed by atoms with Crippen LogP contribution in [0.5, 0.6) is 5.75 Å². The summed E-state index contributed by atoms with van der Waals surface area (Å²) in [7, 11) is -3.46. The van der Waals surface area contributed by atoms with Gasteiger partial charge >= 0.3 is 0 Å². The molecule has 118 valence electrons. The molecule has 0 bridgehead atoms. The fraction of sp³-hybridized carbons (Fsp3) is 0.429. The second-order valence-corrected chi connectivity index (χ2v) is 7.16. The molecule has 0 atom stereocenters. The highest BCUT2D eigenvalue weighted by Crippen LogP contribution is 2.29. The minimum absolute atomic E-state index is 0.0565. The van der Waals surface area contributed by atoms with Crippen molar-refractivity contribution in [3.63, 3.8) is 0 Å². The molecule has 2 heterocycles. The first-order chi connectivity index (χ1) is 10.5. The fourth-order valence-corrected chi connectivity index (χ4v) is 4.04. The Labute approximate surface area is 129 Å². The lowest BCUT2D eigenvalue weighted by Crippen LogP contribution is -2.50. The van der Waals surface area contributed by atoms with Crippen LogP contribution < -0.4 is 4.74 Å². The molecular formula is C14H18N4O3S. The SMILES string of the molecule is CCOc1ccc(S(=O)(=O)N2CC(n3ccnn3)C2)cc1C. The van der Waals surface area contributed by atoms with Crippen molar-refractivity contribution in [2.75, 3.05) is 19.7 Å². The van der Waals surface area contributed by atoms with Gasteiger partial charge in [-0.1, -0.05) is 5.21 Å². The molecule has 2 aromatic rings. The van der Waals surface area contributed by atoms with E-state index in [0.717, 1.165) is 5.56 Å². The fourth-order valence-electron chi connectivity index (χ4n) is 2.44. The third-order valence-electron chi connectivity index (χ3n) is 3.73. The van der Waals surface area contributed by atoms with Gasteiger partial charge in [-0.25, -0.2) is 13.1 Å². The molecule has 8 heteroatoms. The summed E-state index contributed by atoms with van der Waals surface area (Å²) in [5.74, 6) is 0.713. The van der Waals surface area contributed by atoms with E-state index in [1.807, 2.05) is 13.8 Å². The predicted octanol–water partition coefficient (Wildman–Crippen LogP) is 1.23. The molecule has 7 nitrogen and oxygen atoms in total. The third kappa shape index (κ3) is 2.59. The quantitative estimate of drug-likeness (QED) is 0.827. The Hall–Kier alpha value is -1.93. The van der Waals surface area contributed by atoms with Crippen LogP contribution in [0.25, 0.3) is 0 Å². The molecule has 1 saturated heterocycles. The van der Waals surface area contributed by atoms with Crippen LogP contribution in [-0.2, 0) is 10.0 Å². The number of aromatic nitrogens is 3. The molecule has 3 rings (SSSR count). The monoisotopic (exact) mass is 322 g/mol. The van der Waals surface area contributed by atoms with Gasteiger partial charge in [-0.05, 0) is 37.6 Å². The van der Waals surface area contributed by atoms with Gasteiger partial charge in [0.2, 0.25) is 10.0 Å². The van der Waals surface area contributed by atoms with Crippen LogP contribution >= 0.6 is 0 Å². The first-order valence-corrected chi connectivity index (χ1v) is 8.55. The molecule has 22 heavy (non-hydrogen) atoms. The lowest BCUT2D eigenvalue weighted by atomic mass is 10.2. The van der Waals surface area contributed by atoms with E-state index in [0.29, 0.717) is 30.3 Å². The van der Waals surface area contributed by atoms with E-state index in [2.05, 4.69) is 10.3 Å². The summed E-state index contributed by atoms with van der Waals surface area (Å²) in [5, 5.41) is 7.64. The molecule has 1 aliphatic rings.